The molecule has 0 saturated heterocycles. The van der Waals surface area contributed by atoms with Crippen molar-refractivity contribution in [2.45, 2.75) is 24.7 Å². The third-order valence-corrected chi connectivity index (χ3v) is 10.5. The van der Waals surface area contributed by atoms with Gasteiger partial charge in [0.05, 0.1) is 11.0 Å². The molecule has 0 bridgehead atoms. The van der Waals surface area contributed by atoms with E-state index in [1.165, 1.54) is 77.9 Å². The van der Waals surface area contributed by atoms with Gasteiger partial charge in [0.25, 0.3) is 0 Å². The van der Waals surface area contributed by atoms with Crippen LogP contribution in [0.15, 0.2) is 158 Å². The van der Waals surface area contributed by atoms with Crippen LogP contribution in [-0.2, 0) is 0 Å². The van der Waals surface area contributed by atoms with Gasteiger partial charge in [0.15, 0.2) is 0 Å². The molecule has 0 amide bonds. The van der Waals surface area contributed by atoms with E-state index in [0.29, 0.717) is 11.8 Å². The summed E-state index contributed by atoms with van der Waals surface area (Å²) in [6, 6.07) is 58.1. The van der Waals surface area contributed by atoms with Crippen molar-refractivity contribution in [3.8, 4) is 33.6 Å². The summed E-state index contributed by atoms with van der Waals surface area (Å²) in [4.78, 5) is 0. The van der Waals surface area contributed by atoms with Crippen LogP contribution >= 0.6 is 0 Å². The quantitative estimate of drug-likeness (QED) is 0.189. The van der Waals surface area contributed by atoms with E-state index in [-0.39, 0.29) is 0 Å². The third-order valence-electron chi connectivity index (χ3n) is 10.5. The predicted octanol–water partition coefficient (Wildman–Crippen LogP) is 11.3. The van der Waals surface area contributed by atoms with Crippen LogP contribution in [-0.4, -0.2) is 9.13 Å². The van der Waals surface area contributed by atoms with Crippen LogP contribution in [0.3, 0.4) is 0 Å². The third kappa shape index (κ3) is 3.53. The Labute approximate surface area is 268 Å². The van der Waals surface area contributed by atoms with Gasteiger partial charge in [0.1, 0.15) is 0 Å². The van der Waals surface area contributed by atoms with E-state index >= 15 is 0 Å². The van der Waals surface area contributed by atoms with E-state index in [1.54, 1.807) is 0 Å². The number of fused-ring (bicyclic) bond motifs is 10. The topological polar surface area (TPSA) is 9.86 Å². The monoisotopic (exact) mass is 588 g/mol. The molecule has 0 radical (unpaired) electrons. The van der Waals surface area contributed by atoms with Crippen molar-refractivity contribution in [1.29, 1.82) is 0 Å². The maximum Gasteiger partial charge on any atom is 0.0538 e. The highest BCUT2D eigenvalue weighted by molar-refractivity contribution is 6.04. The second kappa shape index (κ2) is 9.95. The smallest absolute Gasteiger partial charge is 0.0538 e. The Kier molecular flexibility index (Phi) is 5.56. The highest BCUT2D eigenvalue weighted by Crippen LogP contribution is 2.56. The Bertz CT molecular complexity index is 2220. The van der Waals surface area contributed by atoms with Gasteiger partial charge in [-0.05, 0) is 71.5 Å². The fourth-order valence-electron chi connectivity index (χ4n) is 8.73. The van der Waals surface area contributed by atoms with Gasteiger partial charge in [-0.3, -0.25) is 0 Å². The summed E-state index contributed by atoms with van der Waals surface area (Å²) in [5.41, 5.74) is 16.4. The number of para-hydroxylation sites is 4. The number of hydrogen-bond acceptors (Lipinski definition) is 0. The summed E-state index contributed by atoms with van der Waals surface area (Å²) >= 11 is 0. The molecular weight excluding hydrogens is 556 g/mol. The van der Waals surface area contributed by atoms with E-state index in [9.17, 15) is 0 Å². The first-order valence-corrected chi connectivity index (χ1v) is 16.4. The Morgan fingerprint density at radius 1 is 0.370 bits per heavy atom. The molecule has 6 aromatic carbocycles. The van der Waals surface area contributed by atoms with Gasteiger partial charge >= 0.3 is 0 Å². The van der Waals surface area contributed by atoms with E-state index in [4.69, 9.17) is 0 Å². The minimum Gasteiger partial charge on any atom is -0.312 e. The van der Waals surface area contributed by atoms with Gasteiger partial charge in [-0.25, -0.2) is 0 Å². The molecule has 0 spiro atoms. The summed E-state index contributed by atoms with van der Waals surface area (Å²) in [7, 11) is 0. The maximum atomic E-state index is 2.55. The number of hydrogen-bond donors (Lipinski definition) is 0. The van der Waals surface area contributed by atoms with Crippen molar-refractivity contribution in [2.75, 3.05) is 0 Å². The van der Waals surface area contributed by atoms with Crippen LogP contribution in [0.5, 0.6) is 0 Å². The highest BCUT2D eigenvalue weighted by atomic mass is 15.0. The van der Waals surface area contributed by atoms with E-state index in [2.05, 4.69) is 167 Å². The molecule has 2 aliphatic carbocycles. The van der Waals surface area contributed by atoms with Gasteiger partial charge in [0, 0.05) is 56.5 Å². The molecule has 2 heterocycles. The Morgan fingerprint density at radius 3 is 1.20 bits per heavy atom. The van der Waals surface area contributed by atoms with Gasteiger partial charge < -0.3 is 9.13 Å². The Morgan fingerprint density at radius 2 is 0.739 bits per heavy atom. The standard InChI is InChI=1S/C44H32N2/c1-3-15-29(16-4-1)45-39-25-13-11-23-37(39)41-33-21-9-7-19-31(33)35(43(41)45)27-28-36-32-20-8-10-22-34(32)42-38-24-12-14-26-40(38)46(44(36)42)30-17-5-2-6-18-30/h1-26,35-36H,27-28H2. The molecule has 2 unspecified atom stereocenters. The molecule has 2 heteroatoms. The molecule has 0 N–H and O–H groups in total. The molecule has 0 fully saturated rings. The Hall–Kier alpha value is -5.60. The van der Waals surface area contributed by atoms with Crippen LogP contribution in [0.1, 0.15) is 47.2 Å². The zero-order valence-corrected chi connectivity index (χ0v) is 25.5. The van der Waals surface area contributed by atoms with E-state index in [1.807, 2.05) is 0 Å². The molecular formula is C44H32N2. The van der Waals surface area contributed by atoms with Crippen LogP contribution in [0.25, 0.3) is 55.4 Å². The molecule has 0 saturated carbocycles. The summed E-state index contributed by atoms with van der Waals surface area (Å²) < 4.78 is 5.09. The van der Waals surface area contributed by atoms with Crippen LogP contribution in [0.2, 0.25) is 0 Å². The van der Waals surface area contributed by atoms with Crippen molar-refractivity contribution in [3.05, 3.63) is 180 Å². The first-order valence-electron chi connectivity index (χ1n) is 16.4. The number of aromatic nitrogens is 2. The number of rotatable bonds is 5. The summed E-state index contributed by atoms with van der Waals surface area (Å²) in [5.74, 6) is 0.592. The molecule has 2 atom stereocenters. The van der Waals surface area contributed by atoms with Crippen LogP contribution < -0.4 is 0 Å². The molecule has 46 heavy (non-hydrogen) atoms. The van der Waals surface area contributed by atoms with Crippen molar-refractivity contribution < 1.29 is 0 Å². The zero-order valence-electron chi connectivity index (χ0n) is 25.5. The van der Waals surface area contributed by atoms with Crippen LogP contribution in [0.4, 0.5) is 0 Å². The molecule has 10 rings (SSSR count). The first-order chi connectivity index (χ1) is 22.9. The molecule has 0 aliphatic heterocycles. The summed E-state index contributed by atoms with van der Waals surface area (Å²) in [5, 5.41) is 2.68. The van der Waals surface area contributed by atoms with Gasteiger partial charge in [-0.15, -0.1) is 0 Å². The van der Waals surface area contributed by atoms with Crippen LogP contribution in [0, 0.1) is 0 Å². The van der Waals surface area contributed by atoms with E-state index in [0.717, 1.165) is 12.8 Å². The lowest BCUT2D eigenvalue weighted by molar-refractivity contribution is 0.600. The lowest BCUT2D eigenvalue weighted by Crippen LogP contribution is -2.10. The minimum atomic E-state index is 0.296. The lowest BCUT2D eigenvalue weighted by atomic mass is 9.87. The van der Waals surface area contributed by atoms with Crippen molar-refractivity contribution in [2.24, 2.45) is 0 Å². The Balaban J connectivity index is 1.17. The minimum absolute atomic E-state index is 0.296. The van der Waals surface area contributed by atoms with Gasteiger partial charge in [0.2, 0.25) is 0 Å². The summed E-state index contributed by atoms with van der Waals surface area (Å²) in [6.07, 6.45) is 2.11. The lowest BCUT2D eigenvalue weighted by Gasteiger charge is -2.22. The average Bonchev–Trinajstić information content (AvgIpc) is 3.83. The predicted molar refractivity (Wildman–Crippen MR) is 190 cm³/mol. The highest BCUT2D eigenvalue weighted by Gasteiger charge is 2.39. The van der Waals surface area contributed by atoms with Gasteiger partial charge in [-0.2, -0.15) is 0 Å². The molecule has 2 aromatic heterocycles. The second-order valence-electron chi connectivity index (χ2n) is 12.8. The average molecular weight is 589 g/mol. The fourth-order valence-corrected chi connectivity index (χ4v) is 8.73. The number of benzene rings is 6. The molecule has 8 aromatic rings. The van der Waals surface area contributed by atoms with E-state index < -0.39 is 0 Å². The van der Waals surface area contributed by atoms with Gasteiger partial charge in [-0.1, -0.05) is 121 Å². The van der Waals surface area contributed by atoms with Crippen molar-refractivity contribution in [1.82, 2.24) is 9.13 Å². The first kappa shape index (κ1) is 25.7. The second-order valence-corrected chi connectivity index (χ2v) is 12.8. The normalized spacial score (nSPS) is 16.0. The van der Waals surface area contributed by atoms with Crippen molar-refractivity contribution >= 4 is 21.8 Å². The molecule has 218 valence electrons. The molecule has 2 aliphatic rings. The fraction of sp³-hybridized carbons (Fsp3) is 0.0909. The van der Waals surface area contributed by atoms with Crippen molar-refractivity contribution in [3.63, 3.8) is 0 Å². The summed E-state index contributed by atoms with van der Waals surface area (Å²) in [6.45, 7) is 0. The number of nitrogens with zero attached hydrogens (tertiary/aromatic N) is 2. The molecule has 2 nitrogen and oxygen atoms in total. The SMILES string of the molecule is c1ccc(-n2c3c(c4ccccc42)-c2ccccc2C3CCC2c3ccccc3-c3c2n(-c2ccccc2)c2ccccc32)cc1. The zero-order chi connectivity index (χ0) is 30.2. The largest absolute Gasteiger partial charge is 0.312 e. The maximum absolute atomic E-state index is 2.55.